The summed E-state index contributed by atoms with van der Waals surface area (Å²) in [4.78, 5) is 11.8. The zero-order chi connectivity index (χ0) is 11.6. The summed E-state index contributed by atoms with van der Waals surface area (Å²) in [6, 6.07) is -0.0730. The predicted octanol–water partition coefficient (Wildman–Crippen LogP) is 1.66. The summed E-state index contributed by atoms with van der Waals surface area (Å²) in [5.41, 5.74) is 6.04. The first-order valence-corrected chi connectivity index (χ1v) is 5.90. The lowest BCUT2D eigenvalue weighted by molar-refractivity contribution is -0.124. The van der Waals surface area contributed by atoms with E-state index in [1.165, 1.54) is 12.8 Å². The normalized spacial score (nSPS) is 26.7. The SMILES string of the molecule is CC(C)[C@@H](N)C(=O)NC1CCCC1(C)C. The molecule has 0 aromatic carbocycles. The van der Waals surface area contributed by atoms with Gasteiger partial charge < -0.3 is 11.1 Å². The van der Waals surface area contributed by atoms with Gasteiger partial charge in [0.15, 0.2) is 0 Å². The Hall–Kier alpha value is -0.570. The van der Waals surface area contributed by atoms with Crippen LogP contribution in [0.5, 0.6) is 0 Å². The molecular weight excluding hydrogens is 188 g/mol. The first-order chi connectivity index (χ1) is 6.84. The first kappa shape index (κ1) is 12.5. The molecule has 1 unspecified atom stereocenters. The minimum atomic E-state index is -0.374. The van der Waals surface area contributed by atoms with Crippen LogP contribution in [0.3, 0.4) is 0 Å². The molecule has 0 saturated heterocycles. The number of rotatable bonds is 3. The van der Waals surface area contributed by atoms with Gasteiger partial charge in [0.25, 0.3) is 0 Å². The number of hydrogen-bond donors (Lipinski definition) is 2. The Morgan fingerprint density at radius 1 is 1.47 bits per heavy atom. The van der Waals surface area contributed by atoms with Gasteiger partial charge in [-0.3, -0.25) is 4.79 Å². The first-order valence-electron chi connectivity index (χ1n) is 5.90. The van der Waals surface area contributed by atoms with Crippen molar-refractivity contribution < 1.29 is 4.79 Å². The van der Waals surface area contributed by atoms with Crippen molar-refractivity contribution in [3.05, 3.63) is 0 Å². The molecule has 3 N–H and O–H groups in total. The van der Waals surface area contributed by atoms with Crippen LogP contribution in [0.1, 0.15) is 47.0 Å². The van der Waals surface area contributed by atoms with E-state index in [-0.39, 0.29) is 23.3 Å². The molecule has 0 aromatic rings. The molecule has 2 atom stereocenters. The Kier molecular flexibility index (Phi) is 3.77. The lowest BCUT2D eigenvalue weighted by Crippen LogP contribution is -2.50. The maximum atomic E-state index is 11.8. The van der Waals surface area contributed by atoms with Crippen LogP contribution >= 0.6 is 0 Å². The van der Waals surface area contributed by atoms with Crippen molar-refractivity contribution in [1.29, 1.82) is 0 Å². The lowest BCUT2D eigenvalue weighted by atomic mass is 9.87. The fraction of sp³-hybridized carbons (Fsp3) is 0.917. The largest absolute Gasteiger partial charge is 0.351 e. The minimum absolute atomic E-state index is 0.00461. The molecule has 1 aliphatic carbocycles. The minimum Gasteiger partial charge on any atom is -0.351 e. The highest BCUT2D eigenvalue weighted by Crippen LogP contribution is 2.37. The van der Waals surface area contributed by atoms with E-state index in [1.807, 2.05) is 13.8 Å². The number of nitrogens with two attached hydrogens (primary N) is 1. The Morgan fingerprint density at radius 3 is 2.47 bits per heavy atom. The van der Waals surface area contributed by atoms with Crippen molar-refractivity contribution in [2.75, 3.05) is 0 Å². The Morgan fingerprint density at radius 2 is 2.07 bits per heavy atom. The van der Waals surface area contributed by atoms with Crippen LogP contribution in [-0.2, 0) is 4.79 Å². The molecule has 88 valence electrons. The topological polar surface area (TPSA) is 55.1 Å². The van der Waals surface area contributed by atoms with Gasteiger partial charge in [-0.15, -0.1) is 0 Å². The third-order valence-corrected chi connectivity index (χ3v) is 3.59. The van der Waals surface area contributed by atoms with Crippen molar-refractivity contribution in [3.63, 3.8) is 0 Å². The fourth-order valence-electron chi connectivity index (χ4n) is 2.17. The standard InChI is InChI=1S/C12H24N2O/c1-8(2)10(13)11(15)14-9-6-5-7-12(9,3)4/h8-10H,5-7,13H2,1-4H3,(H,14,15)/t9?,10-/m1/s1. The summed E-state index contributed by atoms with van der Waals surface area (Å²) in [6.07, 6.45) is 3.48. The predicted molar refractivity (Wildman–Crippen MR) is 62.4 cm³/mol. The van der Waals surface area contributed by atoms with Crippen molar-refractivity contribution >= 4 is 5.91 Å². The fourth-order valence-corrected chi connectivity index (χ4v) is 2.17. The zero-order valence-electron chi connectivity index (χ0n) is 10.3. The third-order valence-electron chi connectivity index (χ3n) is 3.59. The molecular formula is C12H24N2O. The third kappa shape index (κ3) is 2.94. The van der Waals surface area contributed by atoms with Crippen molar-refractivity contribution in [1.82, 2.24) is 5.32 Å². The number of amides is 1. The highest BCUT2D eigenvalue weighted by Gasteiger charge is 2.36. The number of carbonyl (C=O) groups excluding carboxylic acids is 1. The quantitative estimate of drug-likeness (QED) is 0.747. The summed E-state index contributed by atoms with van der Waals surface area (Å²) in [6.45, 7) is 8.38. The summed E-state index contributed by atoms with van der Waals surface area (Å²) >= 11 is 0. The van der Waals surface area contributed by atoms with E-state index >= 15 is 0 Å². The van der Waals surface area contributed by atoms with E-state index in [0.29, 0.717) is 6.04 Å². The van der Waals surface area contributed by atoms with Crippen LogP contribution in [0, 0.1) is 11.3 Å². The molecule has 0 spiro atoms. The maximum Gasteiger partial charge on any atom is 0.237 e. The highest BCUT2D eigenvalue weighted by molar-refractivity contribution is 5.82. The Labute approximate surface area is 92.8 Å². The smallest absolute Gasteiger partial charge is 0.237 e. The second kappa shape index (κ2) is 4.52. The van der Waals surface area contributed by atoms with E-state index in [0.717, 1.165) is 6.42 Å². The summed E-state index contributed by atoms with van der Waals surface area (Å²) in [5, 5.41) is 3.09. The van der Waals surface area contributed by atoms with E-state index in [2.05, 4.69) is 19.2 Å². The summed E-state index contributed by atoms with van der Waals surface area (Å²) < 4.78 is 0. The Bertz CT molecular complexity index is 236. The van der Waals surface area contributed by atoms with Crippen molar-refractivity contribution in [3.8, 4) is 0 Å². The monoisotopic (exact) mass is 212 g/mol. The number of nitrogens with one attached hydrogen (secondary N) is 1. The summed E-state index contributed by atoms with van der Waals surface area (Å²) in [5.74, 6) is 0.208. The highest BCUT2D eigenvalue weighted by atomic mass is 16.2. The van der Waals surface area contributed by atoms with Crippen LogP contribution in [0.15, 0.2) is 0 Å². The van der Waals surface area contributed by atoms with Crippen LogP contribution in [0.2, 0.25) is 0 Å². The maximum absolute atomic E-state index is 11.8. The summed E-state index contributed by atoms with van der Waals surface area (Å²) in [7, 11) is 0. The van der Waals surface area contributed by atoms with Gasteiger partial charge in [0.2, 0.25) is 5.91 Å². The van der Waals surface area contributed by atoms with Crippen LogP contribution in [0.4, 0.5) is 0 Å². The molecule has 15 heavy (non-hydrogen) atoms. The van der Waals surface area contributed by atoms with Gasteiger partial charge in [0, 0.05) is 6.04 Å². The molecule has 1 aliphatic rings. The average Bonchev–Trinajstić information content (AvgIpc) is 2.44. The van der Waals surface area contributed by atoms with E-state index in [9.17, 15) is 4.79 Å². The van der Waals surface area contributed by atoms with Gasteiger partial charge in [-0.25, -0.2) is 0 Å². The molecule has 0 aromatic heterocycles. The number of hydrogen-bond acceptors (Lipinski definition) is 2. The molecule has 0 bridgehead atoms. The van der Waals surface area contributed by atoms with E-state index in [4.69, 9.17) is 5.73 Å². The van der Waals surface area contributed by atoms with Gasteiger partial charge >= 0.3 is 0 Å². The lowest BCUT2D eigenvalue weighted by Gasteiger charge is -2.29. The molecule has 1 rings (SSSR count). The molecule has 0 aliphatic heterocycles. The van der Waals surface area contributed by atoms with Gasteiger partial charge in [-0.2, -0.15) is 0 Å². The molecule has 0 radical (unpaired) electrons. The van der Waals surface area contributed by atoms with E-state index < -0.39 is 0 Å². The van der Waals surface area contributed by atoms with Gasteiger partial charge in [0.05, 0.1) is 6.04 Å². The van der Waals surface area contributed by atoms with Crippen molar-refractivity contribution in [2.24, 2.45) is 17.1 Å². The van der Waals surface area contributed by atoms with Gasteiger partial charge in [0.1, 0.15) is 0 Å². The molecule has 3 nitrogen and oxygen atoms in total. The average molecular weight is 212 g/mol. The zero-order valence-corrected chi connectivity index (χ0v) is 10.3. The van der Waals surface area contributed by atoms with Gasteiger partial charge in [-0.05, 0) is 24.2 Å². The van der Waals surface area contributed by atoms with Crippen LogP contribution < -0.4 is 11.1 Å². The van der Waals surface area contributed by atoms with Gasteiger partial charge in [-0.1, -0.05) is 34.1 Å². The van der Waals surface area contributed by atoms with Crippen molar-refractivity contribution in [2.45, 2.75) is 59.0 Å². The Balaban J connectivity index is 2.51. The molecule has 1 saturated carbocycles. The van der Waals surface area contributed by atoms with E-state index in [1.54, 1.807) is 0 Å². The second-order valence-electron chi connectivity index (χ2n) is 5.71. The van der Waals surface area contributed by atoms with Crippen LogP contribution in [-0.4, -0.2) is 18.0 Å². The molecule has 1 fully saturated rings. The molecule has 0 heterocycles. The van der Waals surface area contributed by atoms with Crippen LogP contribution in [0.25, 0.3) is 0 Å². The second-order valence-corrected chi connectivity index (χ2v) is 5.71. The number of carbonyl (C=O) groups is 1. The molecule has 1 amide bonds. The molecule has 3 heteroatoms.